The van der Waals surface area contributed by atoms with Crippen molar-refractivity contribution in [3.05, 3.63) is 17.0 Å². The molecule has 0 aliphatic rings. The van der Waals surface area contributed by atoms with Crippen LogP contribution in [0.25, 0.3) is 0 Å². The molecule has 1 rings (SSSR count). The lowest BCUT2D eigenvalue weighted by atomic mass is 10.1. The average molecular weight is 274 g/mol. The van der Waals surface area contributed by atoms with Gasteiger partial charge in [-0.2, -0.15) is 0 Å². The fourth-order valence-corrected chi connectivity index (χ4v) is 2.10. The molecule has 0 fully saturated rings. The first-order valence-electron chi connectivity index (χ1n) is 5.96. The number of methoxy groups -OCH3 is 1. The van der Waals surface area contributed by atoms with Crippen LogP contribution in [0.15, 0.2) is 6.33 Å². The quantitative estimate of drug-likeness (QED) is 0.745. The number of aromatic nitrogens is 2. The molecule has 1 atom stereocenters. The van der Waals surface area contributed by atoms with Gasteiger partial charge in [-0.25, -0.2) is 9.97 Å². The topological polar surface area (TPSA) is 67.3 Å². The second-order valence-corrected chi connectivity index (χ2v) is 4.75. The molecule has 0 radical (unpaired) electrons. The van der Waals surface area contributed by atoms with Gasteiger partial charge in [-0.15, -0.1) is 0 Å². The van der Waals surface area contributed by atoms with Crippen LogP contribution in [0.3, 0.4) is 0 Å². The monoisotopic (exact) mass is 273 g/mol. The molecule has 0 aliphatic heterocycles. The van der Waals surface area contributed by atoms with Crippen molar-refractivity contribution in [3.63, 3.8) is 0 Å². The lowest BCUT2D eigenvalue weighted by Crippen LogP contribution is -2.27. The number of ether oxygens (including phenoxy) is 1. The largest absolute Gasteiger partial charge is 0.396 e. The van der Waals surface area contributed by atoms with E-state index in [0.717, 1.165) is 5.56 Å². The fourth-order valence-electron chi connectivity index (χ4n) is 1.75. The molecule has 1 aromatic heterocycles. The molecule has 0 saturated heterocycles. The van der Waals surface area contributed by atoms with Gasteiger partial charge in [-0.05, 0) is 12.3 Å². The zero-order valence-corrected chi connectivity index (χ0v) is 11.7. The van der Waals surface area contributed by atoms with Crippen molar-refractivity contribution < 1.29 is 9.84 Å². The van der Waals surface area contributed by atoms with Crippen molar-refractivity contribution in [1.29, 1.82) is 0 Å². The van der Waals surface area contributed by atoms with Gasteiger partial charge in [0.15, 0.2) is 0 Å². The first-order chi connectivity index (χ1) is 8.60. The Morgan fingerprint density at radius 2 is 2.17 bits per heavy atom. The van der Waals surface area contributed by atoms with Gasteiger partial charge >= 0.3 is 0 Å². The molecule has 0 spiro atoms. The normalized spacial score (nSPS) is 12.8. The van der Waals surface area contributed by atoms with E-state index in [1.165, 1.54) is 6.33 Å². The Morgan fingerprint density at radius 3 is 2.72 bits per heavy atom. The number of anilines is 1. The number of hydrogen-bond donors (Lipinski definition) is 2. The third-order valence-corrected chi connectivity index (χ3v) is 2.90. The van der Waals surface area contributed by atoms with Crippen LogP contribution in [-0.4, -0.2) is 41.4 Å². The maximum Gasteiger partial charge on any atom is 0.138 e. The molecule has 1 aromatic rings. The number of nitrogens with one attached hydrogen (secondary N) is 1. The maximum absolute atomic E-state index is 9.02. The molecular weight excluding hydrogens is 254 g/mol. The summed E-state index contributed by atoms with van der Waals surface area (Å²) in [5, 5.41) is 12.7. The summed E-state index contributed by atoms with van der Waals surface area (Å²) >= 11 is 6.09. The lowest BCUT2D eigenvalue weighted by molar-refractivity contribution is 0.170. The van der Waals surface area contributed by atoms with Gasteiger partial charge in [0.25, 0.3) is 0 Å². The zero-order chi connectivity index (χ0) is 13.5. The smallest absolute Gasteiger partial charge is 0.138 e. The molecule has 18 heavy (non-hydrogen) atoms. The van der Waals surface area contributed by atoms with Crippen molar-refractivity contribution in [3.8, 4) is 0 Å². The van der Waals surface area contributed by atoms with E-state index in [4.69, 9.17) is 21.4 Å². The molecule has 0 aliphatic carbocycles. The highest BCUT2D eigenvalue weighted by molar-refractivity contribution is 6.30. The van der Waals surface area contributed by atoms with Crippen molar-refractivity contribution in [2.24, 2.45) is 0 Å². The number of nitrogens with zero attached hydrogens (tertiary/aromatic N) is 2. The number of hydrogen-bond acceptors (Lipinski definition) is 5. The number of aliphatic hydroxyl groups excluding tert-OH is 1. The van der Waals surface area contributed by atoms with Crippen molar-refractivity contribution in [2.75, 3.05) is 25.6 Å². The van der Waals surface area contributed by atoms with Gasteiger partial charge < -0.3 is 15.2 Å². The molecule has 5 nitrogen and oxygen atoms in total. The molecule has 1 heterocycles. The van der Waals surface area contributed by atoms with Crippen LogP contribution < -0.4 is 5.32 Å². The summed E-state index contributed by atoms with van der Waals surface area (Å²) in [5.74, 6) is 0.930. The number of halogens is 1. The van der Waals surface area contributed by atoms with Crippen LogP contribution >= 0.6 is 11.6 Å². The highest BCUT2D eigenvalue weighted by Gasteiger charge is 2.16. The van der Waals surface area contributed by atoms with Gasteiger partial charge in [-0.3, -0.25) is 0 Å². The standard InChI is InChI=1S/C12H20ClN3O2/c1-8(2)10-11(13)14-7-15-12(10)16-9(4-5-17)6-18-3/h7-9,17H,4-6H2,1-3H3,(H,14,15,16). The summed E-state index contributed by atoms with van der Waals surface area (Å²) in [5.41, 5.74) is 0.887. The average Bonchev–Trinajstić information content (AvgIpc) is 2.29. The third-order valence-electron chi connectivity index (χ3n) is 2.60. The van der Waals surface area contributed by atoms with E-state index in [9.17, 15) is 0 Å². The van der Waals surface area contributed by atoms with E-state index in [1.807, 2.05) is 13.8 Å². The predicted molar refractivity (Wildman–Crippen MR) is 72.1 cm³/mol. The predicted octanol–water partition coefficient (Wildman–Crippen LogP) is 2.06. The summed E-state index contributed by atoms with van der Waals surface area (Å²) in [4.78, 5) is 8.22. The van der Waals surface area contributed by atoms with Gasteiger partial charge in [-0.1, -0.05) is 25.4 Å². The SMILES string of the molecule is COCC(CCO)Nc1ncnc(Cl)c1C(C)C. The summed E-state index contributed by atoms with van der Waals surface area (Å²) in [6, 6.07) is 0.00321. The second kappa shape index (κ2) is 7.51. The molecule has 2 N–H and O–H groups in total. The van der Waals surface area contributed by atoms with Gasteiger partial charge in [0, 0.05) is 19.3 Å². The molecular formula is C12H20ClN3O2. The summed E-state index contributed by atoms with van der Waals surface area (Å²) in [6.07, 6.45) is 2.02. The Hall–Kier alpha value is -0.910. The Kier molecular flexibility index (Phi) is 6.32. The molecule has 0 amide bonds. The van der Waals surface area contributed by atoms with Crippen LogP contribution in [0.1, 0.15) is 31.7 Å². The first kappa shape index (κ1) is 15.1. The summed E-state index contributed by atoms with van der Waals surface area (Å²) in [7, 11) is 1.63. The number of aliphatic hydroxyl groups is 1. The molecule has 0 saturated carbocycles. The van der Waals surface area contributed by atoms with Crippen molar-refractivity contribution in [2.45, 2.75) is 32.2 Å². The van der Waals surface area contributed by atoms with Crippen molar-refractivity contribution in [1.82, 2.24) is 9.97 Å². The molecule has 1 unspecified atom stereocenters. The minimum absolute atomic E-state index is 0.00321. The second-order valence-electron chi connectivity index (χ2n) is 4.39. The molecule has 6 heteroatoms. The van der Waals surface area contributed by atoms with E-state index in [0.29, 0.717) is 24.0 Å². The van der Waals surface area contributed by atoms with Crippen molar-refractivity contribution >= 4 is 17.4 Å². The third kappa shape index (κ3) is 4.08. The molecule has 0 aromatic carbocycles. The van der Waals surface area contributed by atoms with E-state index in [-0.39, 0.29) is 18.6 Å². The number of rotatable bonds is 7. The fraction of sp³-hybridized carbons (Fsp3) is 0.667. The Balaban J connectivity index is 2.91. The zero-order valence-electron chi connectivity index (χ0n) is 11.0. The molecule has 0 bridgehead atoms. The Morgan fingerprint density at radius 1 is 1.44 bits per heavy atom. The Bertz CT molecular complexity index is 368. The minimum Gasteiger partial charge on any atom is -0.396 e. The van der Waals surface area contributed by atoms with Crippen LogP contribution in [-0.2, 0) is 4.74 Å². The molecule has 102 valence electrons. The van der Waals surface area contributed by atoms with E-state index in [2.05, 4.69) is 15.3 Å². The van der Waals surface area contributed by atoms with Gasteiger partial charge in [0.1, 0.15) is 17.3 Å². The maximum atomic E-state index is 9.02. The van der Waals surface area contributed by atoms with Crippen LogP contribution in [0.2, 0.25) is 5.15 Å². The van der Waals surface area contributed by atoms with Crippen LogP contribution in [0.4, 0.5) is 5.82 Å². The summed E-state index contributed by atoms with van der Waals surface area (Å²) in [6.45, 7) is 4.66. The van der Waals surface area contributed by atoms with E-state index < -0.39 is 0 Å². The highest BCUT2D eigenvalue weighted by atomic mass is 35.5. The Labute approximate surface area is 113 Å². The minimum atomic E-state index is 0.00321. The van der Waals surface area contributed by atoms with Gasteiger partial charge in [0.05, 0.1) is 12.6 Å². The first-order valence-corrected chi connectivity index (χ1v) is 6.34. The van der Waals surface area contributed by atoms with E-state index >= 15 is 0 Å². The van der Waals surface area contributed by atoms with Gasteiger partial charge in [0.2, 0.25) is 0 Å². The van der Waals surface area contributed by atoms with E-state index in [1.54, 1.807) is 7.11 Å². The summed E-state index contributed by atoms with van der Waals surface area (Å²) < 4.78 is 5.11. The van der Waals surface area contributed by atoms with Crippen LogP contribution in [0.5, 0.6) is 0 Å². The van der Waals surface area contributed by atoms with Crippen LogP contribution in [0, 0.1) is 0 Å². The highest BCUT2D eigenvalue weighted by Crippen LogP contribution is 2.28. The lowest BCUT2D eigenvalue weighted by Gasteiger charge is -2.20.